The summed E-state index contributed by atoms with van der Waals surface area (Å²) in [6.45, 7) is 3.97. The summed E-state index contributed by atoms with van der Waals surface area (Å²) in [6.07, 6.45) is 3.19. The van der Waals surface area contributed by atoms with Crippen molar-refractivity contribution in [2.24, 2.45) is 0 Å². The van der Waals surface area contributed by atoms with E-state index in [0.717, 1.165) is 32.4 Å². The standard InChI is InChI=1S/C15H25N3OS/c1-12(11-14-5-4-10-20-14)16-13-6-8-18(9-7-13)15(19)17(2)3/h4-5,10,12-13,16H,6-9,11H2,1-3H3. The smallest absolute Gasteiger partial charge is 0.319 e. The molecule has 1 fully saturated rings. The fourth-order valence-corrected chi connectivity index (χ4v) is 3.55. The van der Waals surface area contributed by atoms with Crippen molar-refractivity contribution in [1.82, 2.24) is 15.1 Å². The molecule has 1 aliphatic rings. The van der Waals surface area contributed by atoms with Crippen molar-refractivity contribution in [1.29, 1.82) is 0 Å². The fourth-order valence-electron chi connectivity index (χ4n) is 2.71. The zero-order valence-electron chi connectivity index (χ0n) is 12.6. The van der Waals surface area contributed by atoms with Gasteiger partial charge in [0, 0.05) is 44.1 Å². The van der Waals surface area contributed by atoms with Gasteiger partial charge in [-0.05, 0) is 37.6 Å². The van der Waals surface area contributed by atoms with Crippen molar-refractivity contribution in [3.63, 3.8) is 0 Å². The number of piperidine rings is 1. The molecule has 1 aromatic rings. The first-order valence-electron chi connectivity index (χ1n) is 7.31. The number of hydrogen-bond donors (Lipinski definition) is 1. The van der Waals surface area contributed by atoms with Crippen LogP contribution in [0.3, 0.4) is 0 Å². The van der Waals surface area contributed by atoms with E-state index in [9.17, 15) is 4.79 Å². The monoisotopic (exact) mass is 295 g/mol. The third kappa shape index (κ3) is 4.21. The SMILES string of the molecule is CC(Cc1cccs1)NC1CCN(C(=O)N(C)C)CC1. The van der Waals surface area contributed by atoms with Crippen molar-refractivity contribution in [3.8, 4) is 0 Å². The molecule has 1 saturated heterocycles. The van der Waals surface area contributed by atoms with Crippen LogP contribution in [0.5, 0.6) is 0 Å². The predicted octanol–water partition coefficient (Wildman–Crippen LogP) is 2.41. The van der Waals surface area contributed by atoms with Crippen LogP contribution in [0.15, 0.2) is 17.5 Å². The van der Waals surface area contributed by atoms with Gasteiger partial charge in [-0.2, -0.15) is 0 Å². The Kier molecular flexibility index (Phi) is 5.43. The Balaban J connectivity index is 1.72. The number of carbonyl (C=O) groups is 1. The quantitative estimate of drug-likeness (QED) is 0.926. The van der Waals surface area contributed by atoms with E-state index >= 15 is 0 Å². The van der Waals surface area contributed by atoms with E-state index in [1.54, 1.807) is 4.90 Å². The maximum Gasteiger partial charge on any atom is 0.319 e. The molecular weight excluding hydrogens is 270 g/mol. The van der Waals surface area contributed by atoms with Crippen molar-refractivity contribution < 1.29 is 4.79 Å². The molecule has 1 unspecified atom stereocenters. The zero-order valence-corrected chi connectivity index (χ0v) is 13.4. The van der Waals surface area contributed by atoms with Crippen LogP contribution in [0.25, 0.3) is 0 Å². The first-order chi connectivity index (χ1) is 9.56. The largest absolute Gasteiger partial charge is 0.331 e. The van der Waals surface area contributed by atoms with Crippen molar-refractivity contribution in [2.75, 3.05) is 27.2 Å². The normalized spacial score (nSPS) is 18.1. The van der Waals surface area contributed by atoms with E-state index in [-0.39, 0.29) is 6.03 Å². The third-order valence-electron chi connectivity index (χ3n) is 3.76. The van der Waals surface area contributed by atoms with Crippen LogP contribution in [0.1, 0.15) is 24.6 Å². The molecule has 2 amide bonds. The second-order valence-electron chi connectivity index (χ2n) is 5.79. The number of carbonyl (C=O) groups excluding carboxylic acids is 1. The summed E-state index contributed by atoms with van der Waals surface area (Å²) >= 11 is 1.82. The Morgan fingerprint density at radius 2 is 2.20 bits per heavy atom. The van der Waals surface area contributed by atoms with Crippen LogP contribution in [0, 0.1) is 0 Å². The average molecular weight is 295 g/mol. The minimum absolute atomic E-state index is 0.134. The molecule has 0 spiro atoms. The molecule has 2 rings (SSSR count). The first-order valence-corrected chi connectivity index (χ1v) is 8.19. The second kappa shape index (κ2) is 7.09. The lowest BCUT2D eigenvalue weighted by atomic mass is 10.0. The van der Waals surface area contributed by atoms with Crippen LogP contribution in [0.4, 0.5) is 4.79 Å². The zero-order chi connectivity index (χ0) is 14.5. The van der Waals surface area contributed by atoms with E-state index in [1.807, 2.05) is 30.3 Å². The van der Waals surface area contributed by atoms with Gasteiger partial charge in [0.25, 0.3) is 0 Å². The summed E-state index contributed by atoms with van der Waals surface area (Å²) < 4.78 is 0. The van der Waals surface area contributed by atoms with Gasteiger partial charge in [-0.15, -0.1) is 11.3 Å². The summed E-state index contributed by atoms with van der Waals surface area (Å²) in [5, 5.41) is 5.83. The molecule has 1 aliphatic heterocycles. The molecule has 0 bridgehead atoms. The lowest BCUT2D eigenvalue weighted by Crippen LogP contribution is -2.49. The number of likely N-dealkylation sites (tertiary alicyclic amines) is 1. The van der Waals surface area contributed by atoms with E-state index in [1.165, 1.54) is 4.88 Å². The number of nitrogens with one attached hydrogen (secondary N) is 1. The lowest BCUT2D eigenvalue weighted by Gasteiger charge is -2.35. The summed E-state index contributed by atoms with van der Waals surface area (Å²) in [5.74, 6) is 0. The van der Waals surface area contributed by atoms with Gasteiger partial charge in [0.2, 0.25) is 0 Å². The molecule has 1 aromatic heterocycles. The van der Waals surface area contributed by atoms with E-state index in [0.29, 0.717) is 12.1 Å². The number of rotatable bonds is 4. The minimum Gasteiger partial charge on any atom is -0.331 e. The highest BCUT2D eigenvalue weighted by Gasteiger charge is 2.24. The topological polar surface area (TPSA) is 35.6 Å². The second-order valence-corrected chi connectivity index (χ2v) is 6.82. The first kappa shape index (κ1) is 15.3. The van der Waals surface area contributed by atoms with Gasteiger partial charge in [-0.3, -0.25) is 0 Å². The highest BCUT2D eigenvalue weighted by atomic mass is 32.1. The van der Waals surface area contributed by atoms with Gasteiger partial charge in [-0.25, -0.2) is 4.79 Å². The molecule has 0 aromatic carbocycles. The van der Waals surface area contributed by atoms with Gasteiger partial charge >= 0.3 is 6.03 Å². The molecule has 2 heterocycles. The Morgan fingerprint density at radius 1 is 1.50 bits per heavy atom. The summed E-state index contributed by atoms with van der Waals surface area (Å²) in [4.78, 5) is 16.9. The average Bonchev–Trinajstić information content (AvgIpc) is 2.91. The highest BCUT2D eigenvalue weighted by molar-refractivity contribution is 7.09. The van der Waals surface area contributed by atoms with Gasteiger partial charge < -0.3 is 15.1 Å². The van der Waals surface area contributed by atoms with E-state index in [2.05, 4.69) is 29.8 Å². The van der Waals surface area contributed by atoms with E-state index < -0.39 is 0 Å². The third-order valence-corrected chi connectivity index (χ3v) is 4.65. The Hall–Kier alpha value is -1.07. The molecule has 1 atom stereocenters. The van der Waals surface area contributed by atoms with Crippen LogP contribution in [-0.4, -0.2) is 55.1 Å². The lowest BCUT2D eigenvalue weighted by molar-refractivity contribution is 0.151. The van der Waals surface area contributed by atoms with Gasteiger partial charge in [0.1, 0.15) is 0 Å². The molecule has 0 radical (unpaired) electrons. The number of nitrogens with zero attached hydrogens (tertiary/aromatic N) is 2. The van der Waals surface area contributed by atoms with Crippen molar-refractivity contribution >= 4 is 17.4 Å². The molecule has 5 heteroatoms. The van der Waals surface area contributed by atoms with Crippen molar-refractivity contribution in [3.05, 3.63) is 22.4 Å². The van der Waals surface area contributed by atoms with Crippen LogP contribution < -0.4 is 5.32 Å². The van der Waals surface area contributed by atoms with Gasteiger partial charge in [0.15, 0.2) is 0 Å². The summed E-state index contributed by atoms with van der Waals surface area (Å²) in [6, 6.07) is 5.47. The Morgan fingerprint density at radius 3 is 2.75 bits per heavy atom. The predicted molar refractivity (Wildman–Crippen MR) is 84.3 cm³/mol. The number of thiophene rings is 1. The summed E-state index contributed by atoms with van der Waals surface area (Å²) in [7, 11) is 3.63. The molecule has 1 N–H and O–H groups in total. The minimum atomic E-state index is 0.134. The highest BCUT2D eigenvalue weighted by Crippen LogP contribution is 2.15. The molecular formula is C15H25N3OS. The molecule has 112 valence electrons. The maximum absolute atomic E-state index is 11.9. The van der Waals surface area contributed by atoms with Gasteiger partial charge in [-0.1, -0.05) is 6.07 Å². The number of hydrogen-bond acceptors (Lipinski definition) is 3. The molecule has 0 aliphatic carbocycles. The van der Waals surface area contributed by atoms with Crippen molar-refractivity contribution in [2.45, 2.75) is 38.3 Å². The van der Waals surface area contributed by atoms with Crippen LogP contribution in [-0.2, 0) is 6.42 Å². The van der Waals surface area contributed by atoms with Gasteiger partial charge in [0.05, 0.1) is 0 Å². The molecule has 4 nitrogen and oxygen atoms in total. The number of urea groups is 1. The Bertz CT molecular complexity index is 411. The fraction of sp³-hybridized carbons (Fsp3) is 0.667. The molecule has 0 saturated carbocycles. The summed E-state index contributed by atoms with van der Waals surface area (Å²) in [5.41, 5.74) is 0. The maximum atomic E-state index is 11.9. The number of amides is 2. The molecule has 20 heavy (non-hydrogen) atoms. The van der Waals surface area contributed by atoms with E-state index in [4.69, 9.17) is 0 Å². The Labute approximate surface area is 125 Å². The van der Waals surface area contributed by atoms with Crippen LogP contribution >= 0.6 is 11.3 Å². The van der Waals surface area contributed by atoms with Crippen LogP contribution in [0.2, 0.25) is 0 Å².